The number of carbonyl (C=O) groups excluding carboxylic acids is 3. The highest BCUT2D eigenvalue weighted by molar-refractivity contribution is 7.86. The van der Waals surface area contributed by atoms with Gasteiger partial charge in [-0.15, -0.1) is 0 Å². The molecule has 0 saturated carbocycles. The molecule has 2 heterocycles. The molecule has 0 aromatic heterocycles. The maximum absolute atomic E-state index is 13.6. The van der Waals surface area contributed by atoms with Gasteiger partial charge in [-0.05, 0) is 137 Å². The Morgan fingerprint density at radius 1 is 0.633 bits per heavy atom. The summed E-state index contributed by atoms with van der Waals surface area (Å²) < 4.78 is 156. The number of ether oxygens (including phenoxy) is 3. The van der Waals surface area contributed by atoms with E-state index >= 15 is 0 Å². The molecule has 90 heavy (non-hydrogen) atoms. The van der Waals surface area contributed by atoms with Crippen LogP contribution in [0.15, 0.2) is 161 Å². The Morgan fingerprint density at radius 2 is 1.23 bits per heavy atom. The van der Waals surface area contributed by atoms with E-state index in [-0.39, 0.29) is 86.3 Å². The number of rotatable bonds is 34. The second-order valence-corrected chi connectivity index (χ2v) is 30.5. The van der Waals surface area contributed by atoms with Gasteiger partial charge in [0, 0.05) is 84.8 Å². The van der Waals surface area contributed by atoms with Gasteiger partial charge in [0.2, 0.25) is 5.69 Å². The smallest absolute Gasteiger partial charge is 0.338 e. The van der Waals surface area contributed by atoms with Gasteiger partial charge < -0.3 is 24.4 Å². The van der Waals surface area contributed by atoms with Crippen LogP contribution in [-0.4, -0.2) is 145 Å². The van der Waals surface area contributed by atoms with Crippen LogP contribution in [0, 0.1) is 0 Å². The second kappa shape index (κ2) is 31.1. The number of hydrogen-bond donors (Lipinski definition) is 5. The number of allylic oxidation sites excluding steroid dienone is 6. The monoisotopic (exact) mass is 1330 g/mol. The summed E-state index contributed by atoms with van der Waals surface area (Å²) in [5.74, 6) is -2.06. The maximum atomic E-state index is 13.6. The molecule has 484 valence electrons. The van der Waals surface area contributed by atoms with Crippen LogP contribution >= 0.6 is 7.92 Å². The van der Waals surface area contributed by atoms with Crippen LogP contribution in [0.3, 0.4) is 0 Å². The Bertz CT molecular complexity index is 3970. The fourth-order valence-corrected chi connectivity index (χ4v) is 16.1. The third kappa shape index (κ3) is 18.5. The van der Waals surface area contributed by atoms with Gasteiger partial charge >= 0.3 is 5.97 Å². The quantitative estimate of drug-likeness (QED) is 0.00647. The number of esters is 1. The number of ketones is 1. The average Bonchev–Trinajstić information content (AvgIpc) is 1.58. The van der Waals surface area contributed by atoms with Crippen LogP contribution in [0.5, 0.6) is 0 Å². The molecule has 5 aromatic carbocycles. The number of amides is 1. The summed E-state index contributed by atoms with van der Waals surface area (Å²) >= 11 is 0. The molecule has 0 aliphatic carbocycles. The molecular formula is C64H77N3O18PS4+. The normalized spacial score (nSPS) is 17.4. The third-order valence-electron chi connectivity index (χ3n) is 16.0. The highest BCUT2D eigenvalue weighted by Gasteiger charge is 2.48. The highest BCUT2D eigenvalue weighted by atomic mass is 32.2. The molecule has 7 rings (SSSR count). The molecule has 1 amide bonds. The number of hydrogen-bond acceptors (Lipinski definition) is 15. The largest absolute Gasteiger partial charge is 0.465 e. The van der Waals surface area contributed by atoms with Gasteiger partial charge in [0.25, 0.3) is 46.4 Å². The third-order valence-corrected chi connectivity index (χ3v) is 21.8. The average molecular weight is 1340 g/mol. The summed E-state index contributed by atoms with van der Waals surface area (Å²) in [6.45, 7) is 5.23. The van der Waals surface area contributed by atoms with Crippen LogP contribution in [0.25, 0.3) is 0 Å². The van der Waals surface area contributed by atoms with Crippen molar-refractivity contribution in [3.8, 4) is 0 Å². The fourth-order valence-electron chi connectivity index (χ4n) is 11.6. The molecule has 21 nitrogen and oxygen atoms in total. The number of unbranched alkanes of at least 4 members (excludes halogenated alkanes) is 2. The van der Waals surface area contributed by atoms with Crippen LogP contribution in [0.2, 0.25) is 0 Å². The minimum Gasteiger partial charge on any atom is -0.465 e. The number of Topliss-reactive ketones (excluding diaryl/α,β-unsaturated/α-hetero) is 1. The van der Waals surface area contributed by atoms with Crippen molar-refractivity contribution in [1.29, 1.82) is 0 Å². The summed E-state index contributed by atoms with van der Waals surface area (Å²) in [7, 11) is -16.6. The minimum atomic E-state index is -4.71. The molecule has 5 aromatic rings. The molecule has 2 aliphatic rings. The lowest BCUT2D eigenvalue weighted by molar-refractivity contribution is -0.438. The van der Waals surface area contributed by atoms with Gasteiger partial charge in [0.15, 0.2) is 5.71 Å². The lowest BCUT2D eigenvalue weighted by Gasteiger charge is -2.30. The van der Waals surface area contributed by atoms with Gasteiger partial charge in [-0.1, -0.05) is 78.9 Å². The SMILES string of the molecule is COCCOCCN1C(=CC=CC=CC2=[N+](CCCCCC(=O)CCCNC(=O)c3ccc(C(=O)OC)c(P(c4ccccc4)c4ccccc4)c3)c3ccc(S(=O)(=O)O)cc3C2(C)CCCS(=O)(=O)O)C(C)(CCCS(=O)(=O)O)c2cc(S(=O)(=O)O)ccc21. The van der Waals surface area contributed by atoms with E-state index in [0.29, 0.717) is 89.2 Å². The molecule has 0 radical (unpaired) electrons. The summed E-state index contributed by atoms with van der Waals surface area (Å²) in [6.07, 6.45) is 11.3. The first-order valence-electron chi connectivity index (χ1n) is 29.2. The van der Waals surface area contributed by atoms with Gasteiger partial charge in [-0.3, -0.25) is 27.8 Å². The molecule has 0 bridgehead atoms. The Morgan fingerprint density at radius 3 is 1.83 bits per heavy atom. The van der Waals surface area contributed by atoms with E-state index < -0.39 is 76.7 Å². The van der Waals surface area contributed by atoms with Crippen LogP contribution < -0.4 is 26.1 Å². The molecule has 2 atom stereocenters. The molecule has 2 unspecified atom stereocenters. The van der Waals surface area contributed by atoms with Crippen molar-refractivity contribution in [2.45, 2.75) is 98.7 Å². The van der Waals surface area contributed by atoms with Crippen LogP contribution in [-0.2, 0) is 70.3 Å². The molecule has 26 heteroatoms. The van der Waals surface area contributed by atoms with Gasteiger partial charge in [-0.2, -0.15) is 38.2 Å². The van der Waals surface area contributed by atoms with Gasteiger partial charge in [-0.25, -0.2) is 4.79 Å². The van der Waals surface area contributed by atoms with Crippen molar-refractivity contribution in [3.63, 3.8) is 0 Å². The van der Waals surface area contributed by atoms with Crippen molar-refractivity contribution < 1.29 is 85.1 Å². The topological polar surface area (TPSA) is 315 Å². The number of nitrogens with one attached hydrogen (secondary N) is 1. The maximum Gasteiger partial charge on any atom is 0.338 e. The first kappa shape index (κ1) is 70.8. The summed E-state index contributed by atoms with van der Waals surface area (Å²) in [6, 6.07) is 32.7. The van der Waals surface area contributed by atoms with Crippen LogP contribution in [0.1, 0.15) is 110 Å². The second-order valence-electron chi connectivity index (χ2n) is 22.3. The highest BCUT2D eigenvalue weighted by Crippen LogP contribution is 2.51. The van der Waals surface area contributed by atoms with E-state index in [9.17, 15) is 66.3 Å². The predicted molar refractivity (Wildman–Crippen MR) is 346 cm³/mol. The van der Waals surface area contributed by atoms with Gasteiger partial charge in [0.05, 0.1) is 59.2 Å². The number of anilines is 1. The van der Waals surface area contributed by atoms with Crippen molar-refractivity contribution in [2.75, 3.05) is 70.1 Å². The number of methoxy groups -OCH3 is 2. The standard InChI is InChI=1S/C64H76N3O18PS4/c1-63(34-18-42-87(71,72)73)54-45-51(89(77,78)79)29-32-56(54)66(59(63)26-14-7-15-27-60-64(2,35-19-43-88(74,75)76)55-46-52(90(80,81)82)30-33-57(55)67(60)38-39-85-41-40-83-3)37-16-8-9-20-48(68)21-17-36-65-61(69)47-28-31-53(62(70)84-4)58(44-47)86(49-22-10-5-11-23-49)50-24-12-6-13-25-50/h5-7,10-15,22-33,44-46H,8-9,16-21,34-43H2,1-4H3,(H4-,65,69,71,72,73,74,75,76,77,78,79,80,81,82)/p+1. The number of fused-ring (bicyclic) bond motifs is 2. The minimum absolute atomic E-state index is 0.000714. The first-order chi connectivity index (χ1) is 42.6. The van der Waals surface area contributed by atoms with E-state index in [0.717, 1.165) is 10.6 Å². The summed E-state index contributed by atoms with van der Waals surface area (Å²) in [5, 5.41) is 5.55. The van der Waals surface area contributed by atoms with E-state index in [2.05, 4.69) is 5.32 Å². The van der Waals surface area contributed by atoms with E-state index in [1.54, 1.807) is 67.6 Å². The van der Waals surface area contributed by atoms with Gasteiger partial charge in [0.1, 0.15) is 12.3 Å². The van der Waals surface area contributed by atoms with E-state index in [1.807, 2.05) is 77.1 Å². The first-order valence-corrected chi connectivity index (χ1v) is 36.6. The van der Waals surface area contributed by atoms with Crippen LogP contribution in [0.4, 0.5) is 11.4 Å². The Hall–Kier alpha value is -6.61. The zero-order valence-corrected chi connectivity index (χ0v) is 54.7. The number of benzene rings is 5. The lowest BCUT2D eigenvalue weighted by Crippen LogP contribution is -2.32. The summed E-state index contributed by atoms with van der Waals surface area (Å²) in [5.41, 5.74) is 1.85. The Labute approximate surface area is 528 Å². The van der Waals surface area contributed by atoms with E-state index in [4.69, 9.17) is 14.2 Å². The summed E-state index contributed by atoms with van der Waals surface area (Å²) in [4.78, 5) is 41.1. The Balaban J connectivity index is 1.09. The molecule has 0 saturated heterocycles. The van der Waals surface area contributed by atoms with Crippen molar-refractivity contribution in [3.05, 3.63) is 174 Å². The van der Waals surface area contributed by atoms with Crippen molar-refractivity contribution >= 4 is 99.1 Å². The lowest BCUT2D eigenvalue weighted by atomic mass is 9.76. The predicted octanol–water partition coefficient (Wildman–Crippen LogP) is 8.19. The fraction of sp³-hybridized carbons (Fsp3) is 0.375. The van der Waals surface area contributed by atoms with Crippen molar-refractivity contribution in [2.24, 2.45) is 0 Å². The molecule has 0 spiro atoms. The molecule has 5 N–H and O–H groups in total. The zero-order valence-electron chi connectivity index (χ0n) is 50.6. The van der Waals surface area contributed by atoms with Crippen molar-refractivity contribution in [1.82, 2.24) is 5.32 Å². The number of carbonyl (C=O) groups is 3. The molecular weight excluding hydrogens is 1260 g/mol. The molecule has 0 fully saturated rings. The molecule has 2 aliphatic heterocycles. The Kier molecular flexibility index (Phi) is 24.5. The van der Waals surface area contributed by atoms with E-state index in [1.165, 1.54) is 38.5 Å². The number of nitrogens with zero attached hydrogens (tertiary/aromatic N) is 2. The zero-order chi connectivity index (χ0) is 65.5.